The first-order chi connectivity index (χ1) is 10.5. The third-order valence-electron chi connectivity index (χ3n) is 2.61. The number of alkyl halides is 2. The summed E-state index contributed by atoms with van der Waals surface area (Å²) in [6.07, 6.45) is 1.53. The molecule has 0 unspecified atom stereocenters. The van der Waals surface area contributed by atoms with E-state index in [-0.39, 0.29) is 28.5 Å². The van der Waals surface area contributed by atoms with Crippen molar-refractivity contribution < 1.29 is 23.5 Å². The molecule has 1 aromatic carbocycles. The Morgan fingerprint density at radius 2 is 2.27 bits per heavy atom. The molecule has 0 atom stereocenters. The lowest BCUT2D eigenvalue weighted by Crippen LogP contribution is -2.21. The predicted octanol–water partition coefficient (Wildman–Crippen LogP) is 2.59. The van der Waals surface area contributed by atoms with E-state index in [1.54, 1.807) is 0 Å². The molecule has 0 aliphatic rings. The molecular weight excluding hydrogens is 336 g/mol. The monoisotopic (exact) mass is 347 g/mol. The van der Waals surface area contributed by atoms with Gasteiger partial charge in [0.15, 0.2) is 0 Å². The van der Waals surface area contributed by atoms with Crippen LogP contribution in [0.3, 0.4) is 0 Å². The van der Waals surface area contributed by atoms with E-state index in [1.807, 2.05) is 0 Å². The molecule has 2 rings (SSSR count). The minimum absolute atomic E-state index is 0.0402. The highest BCUT2D eigenvalue weighted by molar-refractivity contribution is 7.99. The molecule has 0 radical (unpaired) electrons. The maximum atomic E-state index is 12.6. The van der Waals surface area contributed by atoms with Gasteiger partial charge >= 0.3 is 0 Å². The van der Waals surface area contributed by atoms with Gasteiger partial charge in [0.25, 0.3) is 11.7 Å². The van der Waals surface area contributed by atoms with E-state index in [2.05, 4.69) is 17.9 Å². The molecule has 0 saturated carbocycles. The zero-order valence-electron chi connectivity index (χ0n) is 10.9. The smallest absolute Gasteiger partial charge is 0.288 e. The number of ether oxygens (including phenoxy) is 1. The number of nitrogens with one attached hydrogen (secondary N) is 1. The quantitative estimate of drug-likeness (QED) is 0.324. The van der Waals surface area contributed by atoms with Gasteiger partial charge in [-0.15, -0.1) is 5.10 Å². The Morgan fingerprint density at radius 1 is 1.50 bits per heavy atom. The van der Waals surface area contributed by atoms with E-state index in [1.165, 1.54) is 40.0 Å². The number of thiol groups is 1. The second-order valence-corrected chi connectivity index (χ2v) is 5.41. The highest BCUT2D eigenvalue weighted by Gasteiger charge is 2.18. The minimum Gasteiger partial charge on any atom is -0.472 e. The molecule has 1 heterocycles. The third kappa shape index (κ3) is 4.12. The van der Waals surface area contributed by atoms with Crippen LogP contribution in [-0.2, 0) is 6.61 Å². The number of hydroxylamine groups is 1. The molecule has 1 amide bonds. The number of carbonyl (C=O) groups excluding carboxylic acids is 1. The van der Waals surface area contributed by atoms with Gasteiger partial charge in [-0.25, -0.2) is 9.57 Å². The van der Waals surface area contributed by atoms with Crippen LogP contribution in [0.5, 0.6) is 5.88 Å². The number of halogens is 2. The van der Waals surface area contributed by atoms with Crippen LogP contribution < -0.4 is 10.2 Å². The molecule has 22 heavy (non-hydrogen) atoms. The minimum atomic E-state index is -2.65. The SMILES string of the molecule is O=C(NO)c1cccc(SC(F)F)c1COc1ccn(S)n1. The Kier molecular flexibility index (Phi) is 5.63. The summed E-state index contributed by atoms with van der Waals surface area (Å²) < 4.78 is 31.8. The van der Waals surface area contributed by atoms with Crippen LogP contribution in [0.2, 0.25) is 0 Å². The lowest BCUT2D eigenvalue weighted by molar-refractivity contribution is 0.0703. The summed E-state index contributed by atoms with van der Waals surface area (Å²) in [5, 5.41) is 12.6. The van der Waals surface area contributed by atoms with Crippen molar-refractivity contribution in [2.45, 2.75) is 17.3 Å². The Hall–Kier alpha value is -1.78. The third-order valence-corrected chi connectivity index (χ3v) is 3.65. The zero-order valence-corrected chi connectivity index (χ0v) is 12.7. The summed E-state index contributed by atoms with van der Waals surface area (Å²) in [6, 6.07) is 5.82. The fraction of sp³-hybridized carbons (Fsp3) is 0.167. The van der Waals surface area contributed by atoms with Gasteiger partial charge in [0.05, 0.1) is 0 Å². The molecule has 6 nitrogen and oxygen atoms in total. The van der Waals surface area contributed by atoms with E-state index in [0.29, 0.717) is 11.8 Å². The number of rotatable bonds is 6. The van der Waals surface area contributed by atoms with Gasteiger partial charge in [0.2, 0.25) is 5.88 Å². The van der Waals surface area contributed by atoms with Crippen molar-refractivity contribution in [2.24, 2.45) is 0 Å². The number of carbonyl (C=O) groups is 1. The maximum Gasteiger partial charge on any atom is 0.288 e. The molecule has 2 aromatic rings. The van der Waals surface area contributed by atoms with Crippen molar-refractivity contribution in [3.05, 3.63) is 41.6 Å². The first-order valence-corrected chi connectivity index (χ1v) is 7.18. The van der Waals surface area contributed by atoms with Crippen LogP contribution in [0, 0.1) is 0 Å². The number of thioether (sulfide) groups is 1. The average Bonchev–Trinajstić information content (AvgIpc) is 2.90. The molecule has 1 aromatic heterocycles. The van der Waals surface area contributed by atoms with Crippen LogP contribution >= 0.6 is 24.6 Å². The van der Waals surface area contributed by atoms with Crippen LogP contribution in [-0.4, -0.2) is 26.1 Å². The number of amides is 1. The Bertz CT molecular complexity index is 667. The van der Waals surface area contributed by atoms with Crippen LogP contribution in [0.4, 0.5) is 8.78 Å². The molecule has 0 saturated heterocycles. The largest absolute Gasteiger partial charge is 0.472 e. The second-order valence-electron chi connectivity index (χ2n) is 3.96. The average molecular weight is 347 g/mol. The standard InChI is InChI=1S/C12H11F2N3O3S2/c13-12(14)22-9-3-1-2-7(11(18)16-19)8(9)6-20-10-4-5-17(21)15-10/h1-5,12,19,21H,6H2,(H,16,18). The fourth-order valence-electron chi connectivity index (χ4n) is 1.72. The number of aromatic nitrogens is 2. The molecular formula is C12H11F2N3O3S2. The maximum absolute atomic E-state index is 12.6. The van der Waals surface area contributed by atoms with Gasteiger partial charge < -0.3 is 4.74 Å². The molecule has 0 bridgehead atoms. The van der Waals surface area contributed by atoms with Gasteiger partial charge in [-0.2, -0.15) is 8.78 Å². The highest BCUT2D eigenvalue weighted by atomic mass is 32.2. The molecule has 0 spiro atoms. The van der Waals surface area contributed by atoms with E-state index < -0.39 is 11.7 Å². The van der Waals surface area contributed by atoms with Crippen molar-refractivity contribution in [3.8, 4) is 5.88 Å². The lowest BCUT2D eigenvalue weighted by atomic mass is 10.1. The predicted molar refractivity (Wildman–Crippen MR) is 78.5 cm³/mol. The number of hydrogen-bond acceptors (Lipinski definition) is 6. The summed E-state index contributed by atoms with van der Waals surface area (Å²) in [5.41, 5.74) is 1.75. The van der Waals surface area contributed by atoms with Gasteiger partial charge in [-0.1, -0.05) is 17.8 Å². The fourth-order valence-corrected chi connectivity index (χ4v) is 2.53. The number of nitrogens with zero attached hydrogens (tertiary/aromatic N) is 2. The summed E-state index contributed by atoms with van der Waals surface area (Å²) in [6.45, 7) is -0.163. The van der Waals surface area contributed by atoms with Gasteiger partial charge in [-0.05, 0) is 24.9 Å². The number of benzene rings is 1. The molecule has 118 valence electrons. The Morgan fingerprint density at radius 3 is 2.86 bits per heavy atom. The van der Waals surface area contributed by atoms with E-state index in [4.69, 9.17) is 9.94 Å². The van der Waals surface area contributed by atoms with Crippen molar-refractivity contribution in [1.29, 1.82) is 0 Å². The molecule has 10 heteroatoms. The Labute approximate surface area is 134 Å². The second kappa shape index (κ2) is 7.47. The normalized spacial score (nSPS) is 10.8. The zero-order chi connectivity index (χ0) is 16.1. The summed E-state index contributed by atoms with van der Waals surface area (Å²) in [4.78, 5) is 11.8. The van der Waals surface area contributed by atoms with Crippen molar-refractivity contribution in [3.63, 3.8) is 0 Å². The topological polar surface area (TPSA) is 76.4 Å². The van der Waals surface area contributed by atoms with Crippen molar-refractivity contribution >= 4 is 30.5 Å². The van der Waals surface area contributed by atoms with Crippen molar-refractivity contribution in [2.75, 3.05) is 0 Å². The summed E-state index contributed by atoms with van der Waals surface area (Å²) in [5.74, 6) is -3.24. The first-order valence-electron chi connectivity index (χ1n) is 5.90. The van der Waals surface area contributed by atoms with Crippen LogP contribution in [0.1, 0.15) is 15.9 Å². The van der Waals surface area contributed by atoms with E-state index in [9.17, 15) is 13.6 Å². The highest BCUT2D eigenvalue weighted by Crippen LogP contribution is 2.31. The van der Waals surface area contributed by atoms with E-state index in [0.717, 1.165) is 0 Å². The van der Waals surface area contributed by atoms with Crippen LogP contribution in [0.25, 0.3) is 0 Å². The number of hydrogen-bond donors (Lipinski definition) is 3. The summed E-state index contributed by atoms with van der Waals surface area (Å²) >= 11 is 4.24. The summed E-state index contributed by atoms with van der Waals surface area (Å²) in [7, 11) is 0. The van der Waals surface area contributed by atoms with Crippen molar-refractivity contribution in [1.82, 2.24) is 14.7 Å². The molecule has 0 aliphatic heterocycles. The first kappa shape index (κ1) is 16.6. The molecule has 2 N–H and O–H groups in total. The van der Waals surface area contributed by atoms with Gasteiger partial charge in [0, 0.05) is 28.3 Å². The lowest BCUT2D eigenvalue weighted by Gasteiger charge is -2.13. The molecule has 0 aliphatic carbocycles. The van der Waals surface area contributed by atoms with Gasteiger partial charge in [0.1, 0.15) is 6.61 Å². The Balaban J connectivity index is 2.29. The van der Waals surface area contributed by atoms with E-state index >= 15 is 0 Å². The van der Waals surface area contributed by atoms with Crippen LogP contribution in [0.15, 0.2) is 35.4 Å². The molecule has 0 fully saturated rings. The van der Waals surface area contributed by atoms with Gasteiger partial charge in [-0.3, -0.25) is 10.0 Å².